The molecule has 1 unspecified atom stereocenters. The minimum atomic E-state index is -1.22. The Hall–Kier alpha value is -1.03. The third-order valence-electron chi connectivity index (χ3n) is 3.97. The molecule has 1 aliphatic carbocycles. The first-order valence-corrected chi connectivity index (χ1v) is 6.26. The summed E-state index contributed by atoms with van der Waals surface area (Å²) in [4.78, 5) is 0. The summed E-state index contributed by atoms with van der Waals surface area (Å²) in [6.07, 6.45) is 3.19. The Balaban J connectivity index is 2.36. The minimum Gasteiger partial charge on any atom is -0.388 e. The van der Waals surface area contributed by atoms with E-state index in [-0.39, 0.29) is 0 Å². The summed E-state index contributed by atoms with van der Waals surface area (Å²) in [5, 5.41) is 10.3. The van der Waals surface area contributed by atoms with Gasteiger partial charge in [0.1, 0.15) is 17.5 Å². The highest BCUT2D eigenvalue weighted by Crippen LogP contribution is 2.46. The fraction of sp³-hybridized carbons (Fsp3) is 0.571. The molecule has 1 fully saturated rings. The molecule has 0 radical (unpaired) electrons. The first-order valence-electron chi connectivity index (χ1n) is 6.26. The first kappa shape index (κ1) is 13.4. The standard InChI is InChI=1S/C14H17F3O/c1-14(5-3-2-4-6-14)13(18)12-10(16)7-9(15)8-11(12)17/h7-8,13,18H,2-6H2,1H3. The Bertz CT molecular complexity index is 416. The van der Waals surface area contributed by atoms with Gasteiger partial charge in [0.05, 0.1) is 11.7 Å². The quantitative estimate of drug-likeness (QED) is 0.846. The van der Waals surface area contributed by atoms with Gasteiger partial charge >= 0.3 is 0 Å². The van der Waals surface area contributed by atoms with Crippen molar-refractivity contribution < 1.29 is 18.3 Å². The molecule has 100 valence electrons. The van der Waals surface area contributed by atoms with Crippen LogP contribution in [0.15, 0.2) is 12.1 Å². The summed E-state index contributed by atoms with van der Waals surface area (Å²) in [6, 6.07) is 1.24. The minimum absolute atomic E-state index is 0.402. The number of halogens is 3. The van der Waals surface area contributed by atoms with E-state index in [0.29, 0.717) is 12.1 Å². The molecular formula is C14H17F3O. The molecular weight excluding hydrogens is 241 g/mol. The average Bonchev–Trinajstić information content (AvgIpc) is 2.28. The Kier molecular flexibility index (Phi) is 3.66. The van der Waals surface area contributed by atoms with Crippen LogP contribution in [0.2, 0.25) is 0 Å². The molecule has 0 aliphatic heterocycles. The maximum absolute atomic E-state index is 13.6. The molecule has 1 nitrogen and oxygen atoms in total. The molecule has 1 aliphatic rings. The van der Waals surface area contributed by atoms with E-state index in [1.807, 2.05) is 6.92 Å². The third-order valence-corrected chi connectivity index (χ3v) is 3.97. The molecule has 0 amide bonds. The molecule has 0 saturated heterocycles. The van der Waals surface area contributed by atoms with Crippen molar-refractivity contribution in [2.75, 3.05) is 0 Å². The van der Waals surface area contributed by atoms with E-state index in [1.165, 1.54) is 0 Å². The van der Waals surface area contributed by atoms with Crippen LogP contribution in [0.1, 0.15) is 50.7 Å². The normalized spacial score (nSPS) is 20.7. The molecule has 1 aromatic rings. The summed E-state index contributed by atoms with van der Waals surface area (Å²) < 4.78 is 40.1. The number of aliphatic hydroxyl groups excluding tert-OH is 1. The van der Waals surface area contributed by atoms with Gasteiger partial charge in [-0.2, -0.15) is 0 Å². The van der Waals surface area contributed by atoms with Crippen molar-refractivity contribution in [3.63, 3.8) is 0 Å². The van der Waals surface area contributed by atoms with E-state index >= 15 is 0 Å². The molecule has 0 spiro atoms. The summed E-state index contributed by atoms with van der Waals surface area (Å²) in [5.74, 6) is -2.98. The zero-order valence-electron chi connectivity index (χ0n) is 10.3. The van der Waals surface area contributed by atoms with E-state index in [0.717, 1.165) is 32.1 Å². The predicted molar refractivity (Wildman–Crippen MR) is 62.5 cm³/mol. The van der Waals surface area contributed by atoms with E-state index in [9.17, 15) is 18.3 Å². The molecule has 1 atom stereocenters. The molecule has 18 heavy (non-hydrogen) atoms. The Morgan fingerprint density at radius 2 is 1.56 bits per heavy atom. The van der Waals surface area contributed by atoms with Gasteiger partial charge in [-0.15, -0.1) is 0 Å². The highest BCUT2D eigenvalue weighted by molar-refractivity contribution is 5.25. The Labute approximate surface area is 105 Å². The zero-order valence-corrected chi connectivity index (χ0v) is 10.3. The van der Waals surface area contributed by atoms with Gasteiger partial charge in [-0.1, -0.05) is 26.2 Å². The van der Waals surface area contributed by atoms with Crippen LogP contribution < -0.4 is 0 Å². The van der Waals surface area contributed by atoms with Gasteiger partial charge in [-0.25, -0.2) is 13.2 Å². The fourth-order valence-corrected chi connectivity index (χ4v) is 2.80. The van der Waals surface area contributed by atoms with Crippen LogP contribution in [0.5, 0.6) is 0 Å². The number of hydrogen-bond donors (Lipinski definition) is 1. The van der Waals surface area contributed by atoms with Crippen molar-refractivity contribution in [3.05, 3.63) is 35.1 Å². The number of benzene rings is 1. The van der Waals surface area contributed by atoms with Gasteiger partial charge in [0.2, 0.25) is 0 Å². The van der Waals surface area contributed by atoms with Crippen LogP contribution in [0, 0.1) is 22.9 Å². The maximum Gasteiger partial charge on any atom is 0.134 e. The predicted octanol–water partition coefficient (Wildman–Crippen LogP) is 4.11. The average molecular weight is 258 g/mol. The van der Waals surface area contributed by atoms with Crippen LogP contribution in [0.3, 0.4) is 0 Å². The zero-order chi connectivity index (χ0) is 13.3. The second-order valence-corrected chi connectivity index (χ2v) is 5.40. The molecule has 1 aromatic carbocycles. The van der Waals surface area contributed by atoms with Crippen molar-refractivity contribution in [1.29, 1.82) is 0 Å². The van der Waals surface area contributed by atoms with Crippen molar-refractivity contribution in [2.24, 2.45) is 5.41 Å². The van der Waals surface area contributed by atoms with Crippen LogP contribution in [-0.4, -0.2) is 5.11 Å². The first-order chi connectivity index (χ1) is 8.44. The topological polar surface area (TPSA) is 20.2 Å². The van der Waals surface area contributed by atoms with E-state index in [4.69, 9.17) is 0 Å². The van der Waals surface area contributed by atoms with Crippen molar-refractivity contribution in [3.8, 4) is 0 Å². The van der Waals surface area contributed by atoms with Crippen LogP contribution in [0.4, 0.5) is 13.2 Å². The Morgan fingerprint density at radius 1 is 1.06 bits per heavy atom. The van der Waals surface area contributed by atoms with Gasteiger partial charge in [-0.05, 0) is 18.3 Å². The number of aliphatic hydroxyl groups is 1. The lowest BCUT2D eigenvalue weighted by Gasteiger charge is -2.38. The van der Waals surface area contributed by atoms with Gasteiger partial charge in [0.15, 0.2) is 0 Å². The van der Waals surface area contributed by atoms with Crippen LogP contribution >= 0.6 is 0 Å². The lowest BCUT2D eigenvalue weighted by Crippen LogP contribution is -2.29. The lowest BCUT2D eigenvalue weighted by atomic mass is 9.70. The molecule has 2 rings (SSSR count). The second kappa shape index (κ2) is 4.92. The molecule has 0 bridgehead atoms. The lowest BCUT2D eigenvalue weighted by molar-refractivity contribution is 0.00327. The second-order valence-electron chi connectivity index (χ2n) is 5.40. The third kappa shape index (κ3) is 2.39. The monoisotopic (exact) mass is 258 g/mol. The summed E-state index contributed by atoms with van der Waals surface area (Å²) >= 11 is 0. The van der Waals surface area contributed by atoms with Crippen molar-refractivity contribution in [1.82, 2.24) is 0 Å². The molecule has 4 heteroatoms. The van der Waals surface area contributed by atoms with Crippen molar-refractivity contribution in [2.45, 2.75) is 45.1 Å². The van der Waals surface area contributed by atoms with Crippen LogP contribution in [-0.2, 0) is 0 Å². The number of hydrogen-bond acceptors (Lipinski definition) is 1. The smallest absolute Gasteiger partial charge is 0.134 e. The summed E-state index contributed by atoms with van der Waals surface area (Å²) in [6.45, 7) is 1.83. The highest BCUT2D eigenvalue weighted by Gasteiger charge is 2.38. The van der Waals surface area contributed by atoms with Gasteiger partial charge in [0.25, 0.3) is 0 Å². The fourth-order valence-electron chi connectivity index (χ4n) is 2.80. The molecule has 0 aromatic heterocycles. The summed E-state index contributed by atoms with van der Waals surface area (Å²) in [7, 11) is 0. The SMILES string of the molecule is CC1(C(O)c2c(F)cc(F)cc2F)CCCCC1. The molecule has 0 heterocycles. The highest BCUT2D eigenvalue weighted by atomic mass is 19.1. The molecule has 1 N–H and O–H groups in total. The largest absolute Gasteiger partial charge is 0.388 e. The van der Waals surface area contributed by atoms with E-state index in [1.54, 1.807) is 0 Å². The maximum atomic E-state index is 13.6. The molecule has 1 saturated carbocycles. The van der Waals surface area contributed by atoms with Crippen molar-refractivity contribution >= 4 is 0 Å². The van der Waals surface area contributed by atoms with E-state index < -0.39 is 34.5 Å². The Morgan fingerprint density at radius 3 is 2.06 bits per heavy atom. The van der Waals surface area contributed by atoms with Gasteiger partial charge in [0, 0.05) is 12.1 Å². The van der Waals surface area contributed by atoms with Crippen LogP contribution in [0.25, 0.3) is 0 Å². The number of rotatable bonds is 2. The van der Waals surface area contributed by atoms with Gasteiger partial charge < -0.3 is 5.11 Å². The van der Waals surface area contributed by atoms with Gasteiger partial charge in [-0.3, -0.25) is 0 Å². The summed E-state index contributed by atoms with van der Waals surface area (Å²) in [5.41, 5.74) is -0.932. The van der Waals surface area contributed by atoms with E-state index in [2.05, 4.69) is 0 Å².